The highest BCUT2D eigenvalue weighted by atomic mass is 79.9. The molecular weight excluding hydrogens is 508 g/mol. The van der Waals surface area contributed by atoms with Gasteiger partial charge in [0.2, 0.25) is 0 Å². The Kier molecular flexibility index (Phi) is 8.37. The lowest BCUT2D eigenvalue weighted by atomic mass is 9.94. The van der Waals surface area contributed by atoms with Crippen LogP contribution in [0.1, 0.15) is 37.7 Å². The molecule has 9 heteroatoms. The lowest BCUT2D eigenvalue weighted by Gasteiger charge is -2.41. The van der Waals surface area contributed by atoms with Crippen molar-refractivity contribution >= 4 is 37.5 Å². The summed E-state index contributed by atoms with van der Waals surface area (Å²) in [5, 5.41) is 43.1. The van der Waals surface area contributed by atoms with E-state index in [1.165, 1.54) is 32.1 Å². The summed E-state index contributed by atoms with van der Waals surface area (Å²) in [7, 11) is 2.13. The Hall–Kier alpha value is -0.260. The van der Waals surface area contributed by atoms with Crippen LogP contribution >= 0.6 is 31.9 Å². The van der Waals surface area contributed by atoms with E-state index in [2.05, 4.69) is 49.1 Å². The number of halogens is 2. The van der Waals surface area contributed by atoms with E-state index in [0.29, 0.717) is 12.6 Å². The first-order chi connectivity index (χ1) is 13.8. The van der Waals surface area contributed by atoms with Gasteiger partial charge in [-0.05, 0) is 53.5 Å². The SMILES string of the molecule is CN(Cc1cc(Br)cc(Br)c1NC1O[C@@H](CO)[C@@H](O)[C@H](O)[C@@H]1O)C1CCCCC1. The molecule has 29 heavy (non-hydrogen) atoms. The zero-order valence-corrected chi connectivity index (χ0v) is 19.6. The van der Waals surface area contributed by atoms with Gasteiger partial charge < -0.3 is 30.5 Å². The number of anilines is 1. The van der Waals surface area contributed by atoms with Gasteiger partial charge >= 0.3 is 0 Å². The topological polar surface area (TPSA) is 105 Å². The minimum Gasteiger partial charge on any atom is -0.394 e. The van der Waals surface area contributed by atoms with Crippen molar-refractivity contribution in [3.05, 3.63) is 26.6 Å². The highest BCUT2D eigenvalue weighted by Crippen LogP contribution is 2.35. The van der Waals surface area contributed by atoms with Crippen LogP contribution in [0, 0.1) is 0 Å². The van der Waals surface area contributed by atoms with E-state index in [9.17, 15) is 20.4 Å². The summed E-state index contributed by atoms with van der Waals surface area (Å²) in [5.74, 6) is 0. The highest BCUT2D eigenvalue weighted by Gasteiger charge is 2.43. The third-order valence-electron chi connectivity index (χ3n) is 5.93. The summed E-state index contributed by atoms with van der Waals surface area (Å²) in [5.41, 5.74) is 1.76. The van der Waals surface area contributed by atoms with Crippen molar-refractivity contribution in [1.82, 2.24) is 4.90 Å². The molecule has 1 aromatic carbocycles. The molecule has 0 amide bonds. The molecule has 0 spiro atoms. The minimum absolute atomic E-state index is 0.456. The second kappa shape index (κ2) is 10.4. The molecule has 5 N–H and O–H groups in total. The number of benzene rings is 1. The third kappa shape index (κ3) is 5.51. The molecule has 1 saturated carbocycles. The maximum Gasteiger partial charge on any atom is 0.157 e. The Morgan fingerprint density at radius 3 is 2.41 bits per heavy atom. The minimum atomic E-state index is -1.42. The van der Waals surface area contributed by atoms with E-state index in [1.807, 2.05) is 12.1 Å². The number of hydrogen-bond acceptors (Lipinski definition) is 7. The van der Waals surface area contributed by atoms with Crippen LogP contribution in [-0.4, -0.2) is 75.7 Å². The first kappa shape index (κ1) is 23.4. The standard InChI is InChI=1S/C20H30Br2N2O5/c1-24(13-5-3-2-4-6-13)9-11-7-12(21)8-14(22)16(11)23-20-19(28)18(27)17(26)15(10-25)29-20/h7-8,13,15,17-20,23,25-28H,2-6,9-10H2,1H3/t15-,17+,18-,19-,20?/m0/s1. The van der Waals surface area contributed by atoms with Crippen LogP contribution < -0.4 is 5.32 Å². The summed E-state index contributed by atoms with van der Waals surface area (Å²) < 4.78 is 7.34. The van der Waals surface area contributed by atoms with Gasteiger partial charge in [-0.3, -0.25) is 4.90 Å². The first-order valence-electron chi connectivity index (χ1n) is 10.1. The molecule has 1 heterocycles. The summed E-state index contributed by atoms with van der Waals surface area (Å²) in [4.78, 5) is 2.35. The molecule has 2 aliphatic rings. The Morgan fingerprint density at radius 2 is 1.76 bits per heavy atom. The molecule has 2 fully saturated rings. The van der Waals surface area contributed by atoms with Crippen molar-refractivity contribution in [3.8, 4) is 0 Å². The maximum absolute atomic E-state index is 10.4. The van der Waals surface area contributed by atoms with Gasteiger partial charge in [0.1, 0.15) is 24.4 Å². The molecule has 0 radical (unpaired) electrons. The average Bonchev–Trinajstić information content (AvgIpc) is 2.71. The van der Waals surface area contributed by atoms with Crippen LogP contribution in [-0.2, 0) is 11.3 Å². The second-order valence-corrected chi connectivity index (χ2v) is 9.79. The third-order valence-corrected chi connectivity index (χ3v) is 7.02. The second-order valence-electron chi connectivity index (χ2n) is 8.02. The molecule has 1 aliphatic carbocycles. The molecule has 7 nitrogen and oxygen atoms in total. The van der Waals surface area contributed by atoms with E-state index < -0.39 is 37.3 Å². The van der Waals surface area contributed by atoms with Crippen molar-refractivity contribution < 1.29 is 25.2 Å². The molecule has 1 saturated heterocycles. The zero-order valence-electron chi connectivity index (χ0n) is 16.5. The predicted octanol–water partition coefficient (Wildman–Crippen LogP) is 2.19. The molecule has 1 aliphatic heterocycles. The van der Waals surface area contributed by atoms with E-state index in [1.54, 1.807) is 0 Å². The van der Waals surface area contributed by atoms with Crippen LogP contribution in [0.2, 0.25) is 0 Å². The summed E-state index contributed by atoms with van der Waals surface area (Å²) in [6.07, 6.45) is 0.154. The smallest absolute Gasteiger partial charge is 0.157 e. The van der Waals surface area contributed by atoms with Gasteiger partial charge in [-0.1, -0.05) is 35.2 Å². The van der Waals surface area contributed by atoms with Crippen LogP contribution in [0.25, 0.3) is 0 Å². The Bertz CT molecular complexity index is 687. The number of ether oxygens (including phenoxy) is 1. The summed E-state index contributed by atoms with van der Waals surface area (Å²) in [6, 6.07) is 4.47. The fourth-order valence-corrected chi connectivity index (χ4v) is 5.62. The van der Waals surface area contributed by atoms with E-state index in [-0.39, 0.29) is 0 Å². The van der Waals surface area contributed by atoms with Gasteiger partial charge in [0.25, 0.3) is 0 Å². The highest BCUT2D eigenvalue weighted by molar-refractivity contribution is 9.11. The average molecular weight is 538 g/mol. The number of rotatable bonds is 6. The number of aliphatic hydroxyl groups is 4. The van der Waals surface area contributed by atoms with Crippen LogP contribution in [0.3, 0.4) is 0 Å². The monoisotopic (exact) mass is 536 g/mol. The molecule has 1 aromatic rings. The van der Waals surface area contributed by atoms with Gasteiger partial charge in [0.05, 0.1) is 12.3 Å². The molecule has 3 rings (SSSR count). The summed E-state index contributed by atoms with van der Waals surface area (Å²) in [6.45, 7) is 0.254. The Morgan fingerprint density at radius 1 is 1.07 bits per heavy atom. The molecule has 0 aromatic heterocycles. The first-order valence-corrected chi connectivity index (χ1v) is 11.7. The number of hydrogen-bond donors (Lipinski definition) is 5. The van der Waals surface area contributed by atoms with Crippen LogP contribution in [0.4, 0.5) is 5.69 Å². The van der Waals surface area contributed by atoms with Crippen molar-refractivity contribution in [2.24, 2.45) is 0 Å². The normalized spacial score (nSPS) is 31.2. The van der Waals surface area contributed by atoms with Gasteiger partial charge in [0.15, 0.2) is 6.23 Å². The van der Waals surface area contributed by atoms with E-state index in [0.717, 1.165) is 20.2 Å². The van der Waals surface area contributed by atoms with Gasteiger partial charge in [-0.2, -0.15) is 0 Å². The van der Waals surface area contributed by atoms with Crippen molar-refractivity contribution in [3.63, 3.8) is 0 Å². The van der Waals surface area contributed by atoms with Crippen molar-refractivity contribution in [2.75, 3.05) is 19.0 Å². The van der Waals surface area contributed by atoms with Crippen molar-refractivity contribution in [2.45, 2.75) is 75.3 Å². The maximum atomic E-state index is 10.4. The quantitative estimate of drug-likeness (QED) is 0.379. The number of aliphatic hydroxyl groups excluding tert-OH is 4. The number of nitrogens with one attached hydrogen (secondary N) is 1. The Balaban J connectivity index is 1.81. The molecule has 0 bridgehead atoms. The zero-order chi connectivity index (χ0) is 21.1. The van der Waals surface area contributed by atoms with E-state index in [4.69, 9.17) is 4.74 Å². The molecule has 1 unspecified atom stereocenters. The molecular formula is C20H30Br2N2O5. The fraction of sp³-hybridized carbons (Fsp3) is 0.700. The van der Waals surface area contributed by atoms with E-state index >= 15 is 0 Å². The largest absolute Gasteiger partial charge is 0.394 e. The predicted molar refractivity (Wildman–Crippen MR) is 118 cm³/mol. The van der Waals surface area contributed by atoms with Crippen LogP contribution in [0.5, 0.6) is 0 Å². The van der Waals surface area contributed by atoms with Gasteiger partial charge in [-0.25, -0.2) is 0 Å². The molecule has 164 valence electrons. The Labute approximate surface area is 188 Å². The fourth-order valence-electron chi connectivity index (χ4n) is 4.20. The summed E-state index contributed by atoms with van der Waals surface area (Å²) >= 11 is 7.13. The lowest BCUT2D eigenvalue weighted by molar-refractivity contribution is -0.221. The van der Waals surface area contributed by atoms with Crippen molar-refractivity contribution in [1.29, 1.82) is 0 Å². The molecule has 5 atom stereocenters. The van der Waals surface area contributed by atoms with Gasteiger partial charge in [0, 0.05) is 21.5 Å². The number of nitrogens with zero attached hydrogens (tertiary/aromatic N) is 1. The lowest BCUT2D eigenvalue weighted by Crippen LogP contribution is -2.60. The van der Waals surface area contributed by atoms with Crippen LogP contribution in [0.15, 0.2) is 21.1 Å². The van der Waals surface area contributed by atoms with Gasteiger partial charge in [-0.15, -0.1) is 0 Å².